The van der Waals surface area contributed by atoms with E-state index in [1.807, 2.05) is 0 Å². The van der Waals surface area contributed by atoms with Crippen LogP contribution < -0.4 is 0 Å². The zero-order valence-electron chi connectivity index (χ0n) is 8.30. The number of benzene rings is 1. The van der Waals surface area contributed by atoms with Crippen LogP contribution in [-0.4, -0.2) is 18.5 Å². The summed E-state index contributed by atoms with van der Waals surface area (Å²) in [4.78, 5) is 11.8. The maximum atomic E-state index is 13.0. The van der Waals surface area contributed by atoms with E-state index in [2.05, 4.69) is 0 Å². The fraction of sp³-hybridized carbons (Fsp3) is 0.364. The first kappa shape index (κ1) is 11.5. The highest BCUT2D eigenvalue weighted by Gasteiger charge is 2.27. The fourth-order valence-corrected chi connectivity index (χ4v) is 1.91. The van der Waals surface area contributed by atoms with Crippen molar-refractivity contribution in [2.75, 3.05) is 6.61 Å². The minimum absolute atomic E-state index is 0.0209. The number of ketones is 1. The molecule has 0 radical (unpaired) electrons. The van der Waals surface area contributed by atoms with Crippen molar-refractivity contribution in [3.05, 3.63) is 34.4 Å². The average Bonchev–Trinajstić information content (AvgIpc) is 2.75. The molecule has 0 amide bonds. The van der Waals surface area contributed by atoms with Crippen LogP contribution in [0.4, 0.5) is 8.78 Å². The molecule has 0 N–H and O–H groups in total. The van der Waals surface area contributed by atoms with Crippen LogP contribution in [0.25, 0.3) is 0 Å². The van der Waals surface area contributed by atoms with Gasteiger partial charge in [-0.05, 0) is 25.0 Å². The number of hydrogen-bond donors (Lipinski definition) is 0. The molecule has 0 bridgehead atoms. The molecule has 1 saturated heterocycles. The molecule has 86 valence electrons. The predicted molar refractivity (Wildman–Crippen MR) is 54.7 cm³/mol. The van der Waals surface area contributed by atoms with E-state index in [0.29, 0.717) is 13.0 Å². The first-order valence-corrected chi connectivity index (χ1v) is 5.28. The Morgan fingerprint density at radius 2 is 2.06 bits per heavy atom. The van der Waals surface area contributed by atoms with Crippen molar-refractivity contribution in [3.63, 3.8) is 0 Å². The lowest BCUT2D eigenvalue weighted by atomic mass is 10.0. The second-order valence-electron chi connectivity index (χ2n) is 3.61. The minimum atomic E-state index is -1.08. The van der Waals surface area contributed by atoms with E-state index in [0.717, 1.165) is 18.6 Å². The maximum Gasteiger partial charge on any atom is 0.193 e. The van der Waals surface area contributed by atoms with Gasteiger partial charge in [0.05, 0.1) is 5.02 Å². The normalized spacial score (nSPS) is 20.1. The summed E-state index contributed by atoms with van der Waals surface area (Å²) in [6.07, 6.45) is 0.800. The summed E-state index contributed by atoms with van der Waals surface area (Å²) < 4.78 is 30.9. The number of rotatable bonds is 2. The monoisotopic (exact) mass is 246 g/mol. The Morgan fingerprint density at radius 1 is 1.38 bits per heavy atom. The Kier molecular flexibility index (Phi) is 3.21. The second kappa shape index (κ2) is 4.47. The van der Waals surface area contributed by atoms with Crippen molar-refractivity contribution < 1.29 is 18.3 Å². The highest BCUT2D eigenvalue weighted by molar-refractivity contribution is 6.34. The Labute approximate surface area is 96.2 Å². The molecule has 1 unspecified atom stereocenters. The van der Waals surface area contributed by atoms with Crippen LogP contribution in [0.2, 0.25) is 5.02 Å². The van der Waals surface area contributed by atoms with Gasteiger partial charge in [0.25, 0.3) is 0 Å². The van der Waals surface area contributed by atoms with Crippen molar-refractivity contribution in [1.29, 1.82) is 0 Å². The highest BCUT2D eigenvalue weighted by Crippen LogP contribution is 2.24. The zero-order valence-corrected chi connectivity index (χ0v) is 9.06. The third-order valence-corrected chi connectivity index (χ3v) is 2.81. The minimum Gasteiger partial charge on any atom is -0.370 e. The first-order chi connectivity index (χ1) is 7.59. The predicted octanol–water partition coefficient (Wildman–Crippen LogP) is 2.98. The van der Waals surface area contributed by atoms with Gasteiger partial charge in [-0.2, -0.15) is 0 Å². The van der Waals surface area contributed by atoms with Crippen LogP contribution >= 0.6 is 11.6 Å². The van der Waals surface area contributed by atoms with Crippen LogP contribution in [0, 0.1) is 11.6 Å². The Balaban J connectivity index is 2.32. The fourth-order valence-electron chi connectivity index (χ4n) is 1.67. The second-order valence-corrected chi connectivity index (χ2v) is 4.02. The lowest BCUT2D eigenvalue weighted by molar-refractivity contribution is 0.0642. The van der Waals surface area contributed by atoms with Gasteiger partial charge in [0.2, 0.25) is 0 Å². The summed E-state index contributed by atoms with van der Waals surface area (Å²) in [6, 6.07) is 1.63. The van der Waals surface area contributed by atoms with Crippen LogP contribution in [0.15, 0.2) is 12.1 Å². The zero-order chi connectivity index (χ0) is 11.7. The molecule has 0 saturated carbocycles. The average molecular weight is 247 g/mol. The third kappa shape index (κ3) is 2.08. The van der Waals surface area contributed by atoms with Gasteiger partial charge in [0, 0.05) is 12.2 Å². The van der Waals surface area contributed by atoms with E-state index in [1.165, 1.54) is 0 Å². The largest absolute Gasteiger partial charge is 0.370 e. The standard InChI is InChI=1S/C11H9ClF2O2/c12-7-5-9(14)8(13)4-6(7)11(15)10-2-1-3-16-10/h4-5,10H,1-3H2. The molecule has 1 fully saturated rings. The van der Waals surface area contributed by atoms with Crippen molar-refractivity contribution >= 4 is 17.4 Å². The maximum absolute atomic E-state index is 13.0. The van der Waals surface area contributed by atoms with E-state index in [9.17, 15) is 13.6 Å². The summed E-state index contributed by atoms with van der Waals surface area (Å²) in [6.45, 7) is 0.512. The van der Waals surface area contributed by atoms with Crippen molar-refractivity contribution in [3.8, 4) is 0 Å². The first-order valence-electron chi connectivity index (χ1n) is 4.90. The Bertz CT molecular complexity index is 428. The van der Waals surface area contributed by atoms with Crippen LogP contribution in [0.3, 0.4) is 0 Å². The molecule has 0 aliphatic carbocycles. The molecule has 1 aromatic carbocycles. The molecule has 1 aliphatic rings. The van der Waals surface area contributed by atoms with Gasteiger partial charge in [-0.15, -0.1) is 0 Å². The van der Waals surface area contributed by atoms with E-state index in [1.54, 1.807) is 0 Å². The molecule has 1 atom stereocenters. The Hall–Kier alpha value is -1.00. The summed E-state index contributed by atoms with van der Waals surface area (Å²) in [5.74, 6) is -2.53. The lowest BCUT2D eigenvalue weighted by Gasteiger charge is -2.09. The third-order valence-electron chi connectivity index (χ3n) is 2.50. The van der Waals surface area contributed by atoms with E-state index in [4.69, 9.17) is 16.3 Å². The van der Waals surface area contributed by atoms with Gasteiger partial charge in [-0.25, -0.2) is 8.78 Å². The summed E-state index contributed by atoms with van der Waals surface area (Å²) >= 11 is 5.69. The van der Waals surface area contributed by atoms with E-state index in [-0.39, 0.29) is 16.4 Å². The molecule has 1 aliphatic heterocycles. The summed E-state index contributed by atoms with van der Waals surface area (Å²) in [7, 11) is 0. The van der Waals surface area contributed by atoms with E-state index < -0.39 is 17.7 Å². The SMILES string of the molecule is O=C(c1cc(F)c(F)cc1Cl)C1CCCO1. The van der Waals surface area contributed by atoms with Crippen molar-refractivity contribution in [2.45, 2.75) is 18.9 Å². The number of hydrogen-bond acceptors (Lipinski definition) is 2. The van der Waals surface area contributed by atoms with Crippen LogP contribution in [0.1, 0.15) is 23.2 Å². The highest BCUT2D eigenvalue weighted by atomic mass is 35.5. The number of halogens is 3. The van der Waals surface area contributed by atoms with Crippen LogP contribution in [-0.2, 0) is 4.74 Å². The summed E-state index contributed by atoms with van der Waals surface area (Å²) in [5.41, 5.74) is -0.0209. The smallest absolute Gasteiger partial charge is 0.193 e. The van der Waals surface area contributed by atoms with Gasteiger partial charge in [0.15, 0.2) is 17.4 Å². The number of carbonyl (C=O) groups is 1. The molecule has 1 heterocycles. The lowest BCUT2D eigenvalue weighted by Crippen LogP contribution is -2.20. The number of Topliss-reactive ketones (excluding diaryl/α,β-unsaturated/α-hetero) is 1. The van der Waals surface area contributed by atoms with Crippen molar-refractivity contribution in [2.24, 2.45) is 0 Å². The van der Waals surface area contributed by atoms with E-state index >= 15 is 0 Å². The van der Waals surface area contributed by atoms with Gasteiger partial charge in [-0.1, -0.05) is 11.6 Å². The van der Waals surface area contributed by atoms with Crippen molar-refractivity contribution in [1.82, 2.24) is 0 Å². The molecule has 16 heavy (non-hydrogen) atoms. The molecule has 1 aromatic rings. The van der Waals surface area contributed by atoms with Gasteiger partial charge in [0.1, 0.15) is 6.10 Å². The van der Waals surface area contributed by atoms with Gasteiger partial charge in [-0.3, -0.25) is 4.79 Å². The topological polar surface area (TPSA) is 26.3 Å². The Morgan fingerprint density at radius 3 is 2.69 bits per heavy atom. The van der Waals surface area contributed by atoms with Crippen LogP contribution in [0.5, 0.6) is 0 Å². The molecule has 2 nitrogen and oxygen atoms in total. The number of carbonyl (C=O) groups excluding carboxylic acids is 1. The molecule has 0 spiro atoms. The quantitative estimate of drug-likeness (QED) is 0.592. The van der Waals surface area contributed by atoms with Gasteiger partial charge < -0.3 is 4.74 Å². The molecular formula is C11H9ClF2O2. The molecule has 2 rings (SSSR count). The molecule has 5 heteroatoms. The van der Waals surface area contributed by atoms with Gasteiger partial charge >= 0.3 is 0 Å². The molecule has 0 aromatic heterocycles. The molecular weight excluding hydrogens is 238 g/mol. The number of ether oxygens (including phenoxy) is 1. The summed E-state index contributed by atoms with van der Waals surface area (Å²) in [5, 5.41) is -0.0839.